The first-order valence-electron chi connectivity index (χ1n) is 6.79. The molecule has 0 saturated heterocycles. The summed E-state index contributed by atoms with van der Waals surface area (Å²) in [5, 5.41) is 10.6. The average Bonchev–Trinajstić information content (AvgIpc) is 2.53. The number of halogens is 1. The summed E-state index contributed by atoms with van der Waals surface area (Å²) in [7, 11) is -3.73. The molecule has 2 aromatic rings. The minimum absolute atomic E-state index is 0.0187. The zero-order chi connectivity index (χ0) is 17.0. The Morgan fingerprint density at radius 2 is 1.70 bits per heavy atom. The Balaban J connectivity index is 2.04. The molecule has 0 aliphatic heterocycles. The third kappa shape index (κ3) is 4.33. The second-order valence-corrected chi connectivity index (χ2v) is 6.82. The standard InChI is InChI=1S/C15H15FN2O4S/c1-11(12-2-6-14(7-3-12)18(19)20)10-17-23(21,22)15-8-4-13(16)5-9-15/h2-9,11,17H,10H2,1H3. The van der Waals surface area contributed by atoms with Crippen LogP contribution in [0.5, 0.6) is 0 Å². The van der Waals surface area contributed by atoms with Crippen molar-refractivity contribution in [3.8, 4) is 0 Å². The van der Waals surface area contributed by atoms with E-state index in [9.17, 15) is 22.9 Å². The molecule has 0 bridgehead atoms. The van der Waals surface area contributed by atoms with Gasteiger partial charge in [0.05, 0.1) is 9.82 Å². The molecule has 8 heteroatoms. The number of sulfonamides is 1. The number of nitrogens with zero attached hydrogens (tertiary/aromatic N) is 1. The van der Waals surface area contributed by atoms with E-state index in [4.69, 9.17) is 0 Å². The zero-order valence-electron chi connectivity index (χ0n) is 12.3. The van der Waals surface area contributed by atoms with Gasteiger partial charge in [-0.1, -0.05) is 19.1 Å². The van der Waals surface area contributed by atoms with Crippen molar-refractivity contribution in [3.05, 3.63) is 70.0 Å². The summed E-state index contributed by atoms with van der Waals surface area (Å²) in [4.78, 5) is 10.1. The molecule has 0 aromatic heterocycles. The van der Waals surface area contributed by atoms with Gasteiger partial charge in [0.15, 0.2) is 0 Å². The molecule has 2 rings (SSSR count). The van der Waals surface area contributed by atoms with Crippen molar-refractivity contribution in [2.75, 3.05) is 6.54 Å². The lowest BCUT2D eigenvalue weighted by molar-refractivity contribution is -0.384. The van der Waals surface area contributed by atoms with E-state index in [1.165, 1.54) is 24.3 Å². The lowest BCUT2D eigenvalue weighted by Crippen LogP contribution is -2.27. The first kappa shape index (κ1) is 17.0. The van der Waals surface area contributed by atoms with Gasteiger partial charge in [0, 0.05) is 18.7 Å². The van der Waals surface area contributed by atoms with Crippen molar-refractivity contribution in [2.45, 2.75) is 17.7 Å². The summed E-state index contributed by atoms with van der Waals surface area (Å²) < 4.78 is 39.5. The van der Waals surface area contributed by atoms with Crippen LogP contribution in [0, 0.1) is 15.9 Å². The fourth-order valence-electron chi connectivity index (χ4n) is 1.97. The Kier molecular flexibility index (Phi) is 5.07. The molecule has 1 N–H and O–H groups in total. The Hall–Kier alpha value is -2.32. The highest BCUT2D eigenvalue weighted by Gasteiger charge is 2.16. The van der Waals surface area contributed by atoms with E-state index in [2.05, 4.69) is 4.72 Å². The van der Waals surface area contributed by atoms with Gasteiger partial charge in [-0.25, -0.2) is 17.5 Å². The van der Waals surface area contributed by atoms with Gasteiger partial charge in [-0.3, -0.25) is 10.1 Å². The summed E-state index contributed by atoms with van der Waals surface area (Å²) in [6.45, 7) is 1.92. The van der Waals surface area contributed by atoms with E-state index in [1.807, 2.05) is 0 Å². The van der Waals surface area contributed by atoms with Crippen LogP contribution in [0.4, 0.5) is 10.1 Å². The Labute approximate surface area is 133 Å². The summed E-state index contributed by atoms with van der Waals surface area (Å²) >= 11 is 0. The van der Waals surface area contributed by atoms with Crippen LogP contribution in [-0.4, -0.2) is 19.9 Å². The highest BCUT2D eigenvalue weighted by Crippen LogP contribution is 2.19. The first-order valence-corrected chi connectivity index (χ1v) is 8.27. The molecule has 2 aromatic carbocycles. The largest absolute Gasteiger partial charge is 0.269 e. The minimum atomic E-state index is -3.73. The molecular formula is C15H15FN2O4S. The maximum atomic E-state index is 12.8. The van der Waals surface area contributed by atoms with Crippen LogP contribution in [-0.2, 0) is 10.0 Å². The minimum Gasteiger partial charge on any atom is -0.258 e. The maximum Gasteiger partial charge on any atom is 0.269 e. The lowest BCUT2D eigenvalue weighted by Gasteiger charge is -2.13. The quantitative estimate of drug-likeness (QED) is 0.648. The molecule has 0 saturated carbocycles. The number of rotatable bonds is 6. The maximum absolute atomic E-state index is 12.8. The van der Waals surface area contributed by atoms with Gasteiger partial charge in [-0.15, -0.1) is 0 Å². The molecule has 1 atom stereocenters. The molecule has 0 spiro atoms. The SMILES string of the molecule is CC(CNS(=O)(=O)c1ccc(F)cc1)c1ccc([N+](=O)[O-])cc1. The molecule has 0 fully saturated rings. The number of benzene rings is 2. The predicted molar refractivity (Wildman–Crippen MR) is 83.1 cm³/mol. The van der Waals surface area contributed by atoms with Gasteiger partial charge < -0.3 is 0 Å². The van der Waals surface area contributed by atoms with E-state index in [0.29, 0.717) is 0 Å². The highest BCUT2D eigenvalue weighted by molar-refractivity contribution is 7.89. The number of nitro benzene ring substituents is 1. The van der Waals surface area contributed by atoms with Crippen LogP contribution >= 0.6 is 0 Å². The van der Waals surface area contributed by atoms with Gasteiger partial charge in [0.25, 0.3) is 5.69 Å². The molecule has 1 unspecified atom stereocenters. The number of nitrogens with one attached hydrogen (secondary N) is 1. The molecule has 0 amide bonds. The molecule has 6 nitrogen and oxygen atoms in total. The van der Waals surface area contributed by atoms with Crippen LogP contribution < -0.4 is 4.72 Å². The van der Waals surface area contributed by atoms with Crippen molar-refractivity contribution in [3.63, 3.8) is 0 Å². The second-order valence-electron chi connectivity index (χ2n) is 5.06. The van der Waals surface area contributed by atoms with E-state index in [1.54, 1.807) is 19.1 Å². The second kappa shape index (κ2) is 6.84. The lowest BCUT2D eigenvalue weighted by atomic mass is 10.0. The highest BCUT2D eigenvalue weighted by atomic mass is 32.2. The molecule has 0 heterocycles. The van der Waals surface area contributed by atoms with Crippen molar-refractivity contribution in [2.24, 2.45) is 0 Å². The van der Waals surface area contributed by atoms with E-state index < -0.39 is 20.8 Å². The van der Waals surface area contributed by atoms with Crippen molar-refractivity contribution < 1.29 is 17.7 Å². The van der Waals surface area contributed by atoms with Gasteiger partial charge in [0.1, 0.15) is 5.82 Å². The van der Waals surface area contributed by atoms with Gasteiger partial charge >= 0.3 is 0 Å². The first-order chi connectivity index (χ1) is 10.8. The summed E-state index contributed by atoms with van der Waals surface area (Å²) in [5.41, 5.74) is 0.755. The molecule has 0 aliphatic rings. The third-order valence-corrected chi connectivity index (χ3v) is 4.82. The number of hydrogen-bond acceptors (Lipinski definition) is 4. The Morgan fingerprint density at radius 3 is 2.22 bits per heavy atom. The van der Waals surface area contributed by atoms with Crippen LogP contribution in [0.1, 0.15) is 18.4 Å². The average molecular weight is 338 g/mol. The van der Waals surface area contributed by atoms with Crippen molar-refractivity contribution in [1.29, 1.82) is 0 Å². The third-order valence-electron chi connectivity index (χ3n) is 3.38. The van der Waals surface area contributed by atoms with Crippen LogP contribution in [0.2, 0.25) is 0 Å². The molecule has 0 aliphatic carbocycles. The van der Waals surface area contributed by atoms with Gasteiger partial charge in [-0.05, 0) is 35.7 Å². The normalized spacial score (nSPS) is 12.8. The number of non-ortho nitro benzene ring substituents is 1. The predicted octanol–water partition coefficient (Wildman–Crippen LogP) is 2.82. The van der Waals surface area contributed by atoms with Crippen molar-refractivity contribution in [1.82, 2.24) is 4.72 Å². The van der Waals surface area contributed by atoms with E-state index in [0.717, 1.165) is 17.7 Å². The molecule has 0 radical (unpaired) electrons. The molecular weight excluding hydrogens is 323 g/mol. The Bertz CT molecular complexity index is 789. The van der Waals surface area contributed by atoms with Crippen LogP contribution in [0.15, 0.2) is 53.4 Å². The smallest absolute Gasteiger partial charge is 0.258 e. The summed E-state index contributed by atoms with van der Waals surface area (Å²) in [6, 6.07) is 10.5. The van der Waals surface area contributed by atoms with Gasteiger partial charge in [-0.2, -0.15) is 0 Å². The van der Waals surface area contributed by atoms with Crippen molar-refractivity contribution >= 4 is 15.7 Å². The number of nitro groups is 1. The molecule has 122 valence electrons. The van der Waals surface area contributed by atoms with Crippen LogP contribution in [0.3, 0.4) is 0 Å². The van der Waals surface area contributed by atoms with Gasteiger partial charge in [0.2, 0.25) is 10.0 Å². The fraction of sp³-hybridized carbons (Fsp3) is 0.200. The zero-order valence-corrected chi connectivity index (χ0v) is 13.1. The number of hydrogen-bond donors (Lipinski definition) is 1. The summed E-state index contributed by atoms with van der Waals surface area (Å²) in [5.74, 6) is -0.686. The summed E-state index contributed by atoms with van der Waals surface area (Å²) in [6.07, 6.45) is 0. The topological polar surface area (TPSA) is 89.3 Å². The van der Waals surface area contributed by atoms with Crippen LogP contribution in [0.25, 0.3) is 0 Å². The fourth-order valence-corrected chi connectivity index (χ4v) is 3.10. The van der Waals surface area contributed by atoms with E-state index in [-0.39, 0.29) is 23.0 Å². The monoisotopic (exact) mass is 338 g/mol. The molecule has 23 heavy (non-hydrogen) atoms. The van der Waals surface area contributed by atoms with E-state index >= 15 is 0 Å². The Morgan fingerprint density at radius 1 is 1.13 bits per heavy atom.